The number of hydrogen-bond acceptors (Lipinski definition) is 4. The molecule has 134 valence electrons. The van der Waals surface area contributed by atoms with Crippen molar-refractivity contribution in [2.75, 3.05) is 20.2 Å². The molecule has 0 saturated carbocycles. The van der Waals surface area contributed by atoms with Crippen molar-refractivity contribution in [1.29, 1.82) is 0 Å². The van der Waals surface area contributed by atoms with Gasteiger partial charge in [0.2, 0.25) is 0 Å². The molecule has 1 fully saturated rings. The minimum Gasteiger partial charge on any atom is -0.468 e. The summed E-state index contributed by atoms with van der Waals surface area (Å²) in [4.78, 5) is 18.2. The number of nitrogens with one attached hydrogen (secondary N) is 1. The Balaban J connectivity index is 1.77. The van der Waals surface area contributed by atoms with Crippen LogP contribution < -0.4 is 5.73 Å². The highest BCUT2D eigenvalue weighted by atomic mass is 16.5. The third-order valence-corrected chi connectivity index (χ3v) is 6.45. The van der Waals surface area contributed by atoms with Gasteiger partial charge in [-0.1, -0.05) is 25.1 Å². The number of ether oxygens (including phenoxy) is 1. The minimum atomic E-state index is -0.556. The number of methoxy groups -OCH3 is 1. The van der Waals surface area contributed by atoms with Gasteiger partial charge in [-0.3, -0.25) is 9.69 Å². The molecule has 2 aliphatic heterocycles. The van der Waals surface area contributed by atoms with Crippen molar-refractivity contribution in [2.45, 2.75) is 44.7 Å². The molecule has 3 atom stereocenters. The predicted octanol–water partition coefficient (Wildman–Crippen LogP) is 2.76. The minimum absolute atomic E-state index is 0.0175. The Morgan fingerprint density at radius 3 is 3.00 bits per heavy atom. The molecule has 1 aromatic carbocycles. The molecule has 0 bridgehead atoms. The lowest BCUT2D eigenvalue weighted by Crippen LogP contribution is -2.43. The number of carbonyl (C=O) groups excluding carboxylic acids is 1. The molecule has 1 unspecified atom stereocenters. The first-order chi connectivity index (χ1) is 12.1. The van der Waals surface area contributed by atoms with E-state index in [0.29, 0.717) is 12.5 Å². The first-order valence-electron chi connectivity index (χ1n) is 9.26. The van der Waals surface area contributed by atoms with Crippen molar-refractivity contribution < 1.29 is 9.53 Å². The fourth-order valence-corrected chi connectivity index (χ4v) is 5.13. The molecule has 0 spiro atoms. The van der Waals surface area contributed by atoms with Crippen LogP contribution in [0, 0.1) is 5.41 Å². The van der Waals surface area contributed by atoms with E-state index < -0.39 is 6.04 Å². The molecule has 0 amide bonds. The highest BCUT2D eigenvalue weighted by molar-refractivity contribution is 5.85. The van der Waals surface area contributed by atoms with E-state index in [9.17, 15) is 4.79 Å². The fourth-order valence-electron chi connectivity index (χ4n) is 5.13. The van der Waals surface area contributed by atoms with E-state index in [4.69, 9.17) is 10.5 Å². The van der Waals surface area contributed by atoms with Gasteiger partial charge in [0, 0.05) is 23.1 Å². The Morgan fingerprint density at radius 2 is 2.24 bits per heavy atom. The van der Waals surface area contributed by atoms with Gasteiger partial charge in [-0.2, -0.15) is 0 Å². The Morgan fingerprint density at radius 1 is 1.44 bits per heavy atom. The van der Waals surface area contributed by atoms with Gasteiger partial charge >= 0.3 is 5.97 Å². The van der Waals surface area contributed by atoms with Gasteiger partial charge < -0.3 is 15.5 Å². The highest BCUT2D eigenvalue weighted by Crippen LogP contribution is 2.54. The summed E-state index contributed by atoms with van der Waals surface area (Å²) in [6.45, 7) is 4.38. The Kier molecular flexibility index (Phi) is 4.08. The standard InChI is InChI=1S/C20H27N3O2/c1-3-20(12-15(21)19(24)25-2)9-11-23-10-8-14-13-6-4-5-7-16(13)22-17(14)18(20)23/h4-7,15,18,22H,3,8-12,21H2,1-2H3/t15?,18-,20+/m0/s1. The molecule has 4 rings (SSSR count). The zero-order valence-electron chi connectivity index (χ0n) is 15.0. The van der Waals surface area contributed by atoms with Crippen LogP contribution in [-0.4, -0.2) is 42.1 Å². The third-order valence-electron chi connectivity index (χ3n) is 6.45. The molecule has 25 heavy (non-hydrogen) atoms. The van der Waals surface area contributed by atoms with E-state index in [0.717, 1.165) is 32.4 Å². The number of nitrogens with two attached hydrogens (primary N) is 1. The van der Waals surface area contributed by atoms with Crippen molar-refractivity contribution in [2.24, 2.45) is 11.1 Å². The second kappa shape index (κ2) is 6.15. The highest BCUT2D eigenvalue weighted by Gasteiger charge is 2.51. The molecule has 3 heterocycles. The molecule has 0 aliphatic carbocycles. The molecule has 3 N–H and O–H groups in total. The largest absolute Gasteiger partial charge is 0.468 e. The summed E-state index contributed by atoms with van der Waals surface area (Å²) in [5.41, 5.74) is 10.2. The molecule has 2 aliphatic rings. The van der Waals surface area contributed by atoms with Gasteiger partial charge in [0.25, 0.3) is 0 Å². The monoisotopic (exact) mass is 341 g/mol. The summed E-state index contributed by atoms with van der Waals surface area (Å²) < 4.78 is 4.88. The zero-order valence-corrected chi connectivity index (χ0v) is 15.0. The number of para-hydroxylation sites is 1. The zero-order chi connectivity index (χ0) is 17.6. The van der Waals surface area contributed by atoms with Crippen LogP contribution in [0.15, 0.2) is 24.3 Å². The number of aromatic amines is 1. The van der Waals surface area contributed by atoms with Crippen molar-refractivity contribution in [1.82, 2.24) is 9.88 Å². The molecule has 5 nitrogen and oxygen atoms in total. The predicted molar refractivity (Wildman–Crippen MR) is 98.3 cm³/mol. The van der Waals surface area contributed by atoms with Gasteiger partial charge in [0.1, 0.15) is 6.04 Å². The van der Waals surface area contributed by atoms with E-state index in [2.05, 4.69) is 41.1 Å². The van der Waals surface area contributed by atoms with E-state index in [-0.39, 0.29) is 11.4 Å². The quantitative estimate of drug-likeness (QED) is 0.839. The first kappa shape index (κ1) is 16.6. The Labute approximate surface area is 148 Å². The molecular formula is C20H27N3O2. The van der Waals surface area contributed by atoms with E-state index in [1.165, 1.54) is 29.3 Å². The first-order valence-corrected chi connectivity index (χ1v) is 9.26. The van der Waals surface area contributed by atoms with Crippen molar-refractivity contribution in [3.63, 3.8) is 0 Å². The average Bonchev–Trinajstić information content (AvgIpc) is 3.19. The maximum absolute atomic E-state index is 11.9. The number of fused-ring (bicyclic) bond motifs is 5. The summed E-state index contributed by atoms with van der Waals surface area (Å²) >= 11 is 0. The summed E-state index contributed by atoms with van der Waals surface area (Å²) in [6.07, 6.45) is 3.84. The van der Waals surface area contributed by atoms with E-state index in [1.54, 1.807) is 0 Å². The van der Waals surface area contributed by atoms with Gasteiger partial charge in [-0.25, -0.2) is 0 Å². The van der Waals surface area contributed by atoms with Gasteiger partial charge in [0.15, 0.2) is 0 Å². The number of benzene rings is 1. The lowest BCUT2D eigenvalue weighted by Gasteiger charge is -2.41. The Bertz CT molecular complexity index is 799. The lowest BCUT2D eigenvalue weighted by molar-refractivity contribution is -0.143. The van der Waals surface area contributed by atoms with Crippen LogP contribution in [0.3, 0.4) is 0 Å². The van der Waals surface area contributed by atoms with E-state index >= 15 is 0 Å². The lowest BCUT2D eigenvalue weighted by atomic mass is 9.70. The van der Waals surface area contributed by atoms with Crippen LogP contribution in [0.1, 0.15) is 43.5 Å². The second-order valence-corrected chi connectivity index (χ2v) is 7.55. The molecule has 0 radical (unpaired) electrons. The van der Waals surface area contributed by atoms with Crippen molar-refractivity contribution in [3.8, 4) is 0 Å². The van der Waals surface area contributed by atoms with Crippen LogP contribution in [0.2, 0.25) is 0 Å². The van der Waals surface area contributed by atoms with Gasteiger partial charge in [-0.15, -0.1) is 0 Å². The number of rotatable bonds is 4. The summed E-state index contributed by atoms with van der Waals surface area (Å²) in [5, 5.41) is 1.34. The summed E-state index contributed by atoms with van der Waals surface area (Å²) in [6, 6.07) is 8.31. The normalized spacial score (nSPS) is 27.1. The SMILES string of the molecule is CC[C@]1(CC(N)C(=O)OC)CCN2CCc3c([nH]c4ccccc34)[C@H]21. The number of H-pyrrole nitrogens is 1. The molecule has 2 aromatic rings. The van der Waals surface area contributed by atoms with Gasteiger partial charge in [-0.05, 0) is 49.3 Å². The summed E-state index contributed by atoms with van der Waals surface area (Å²) in [5.74, 6) is -0.307. The molecule has 5 heteroatoms. The number of hydrogen-bond donors (Lipinski definition) is 2. The third kappa shape index (κ3) is 2.49. The van der Waals surface area contributed by atoms with E-state index in [1.807, 2.05) is 0 Å². The fraction of sp³-hybridized carbons (Fsp3) is 0.550. The topological polar surface area (TPSA) is 71.4 Å². The molecular weight excluding hydrogens is 314 g/mol. The second-order valence-electron chi connectivity index (χ2n) is 7.55. The van der Waals surface area contributed by atoms with Crippen LogP contribution in [0.25, 0.3) is 10.9 Å². The number of esters is 1. The summed E-state index contributed by atoms with van der Waals surface area (Å²) in [7, 11) is 1.41. The Hall–Kier alpha value is -1.85. The van der Waals surface area contributed by atoms with Crippen LogP contribution in [-0.2, 0) is 16.0 Å². The average molecular weight is 341 g/mol. The van der Waals surface area contributed by atoms with Crippen LogP contribution >= 0.6 is 0 Å². The van der Waals surface area contributed by atoms with Crippen LogP contribution in [0.5, 0.6) is 0 Å². The number of carbonyl (C=O) groups is 1. The van der Waals surface area contributed by atoms with Crippen molar-refractivity contribution >= 4 is 16.9 Å². The molecule has 1 aromatic heterocycles. The van der Waals surface area contributed by atoms with Gasteiger partial charge in [0.05, 0.1) is 13.2 Å². The smallest absolute Gasteiger partial charge is 0.322 e. The van der Waals surface area contributed by atoms with Crippen LogP contribution in [0.4, 0.5) is 0 Å². The number of aromatic nitrogens is 1. The van der Waals surface area contributed by atoms with Crippen molar-refractivity contribution in [3.05, 3.63) is 35.5 Å². The number of nitrogens with zero attached hydrogens (tertiary/aromatic N) is 1. The maximum Gasteiger partial charge on any atom is 0.322 e. The maximum atomic E-state index is 11.9. The molecule has 1 saturated heterocycles.